The second-order valence-corrected chi connectivity index (χ2v) is 7.39. The molecule has 2 nitrogen and oxygen atoms in total. The molecule has 1 aromatic rings. The SMILES string of the molecule is O=C(Nc1ccc(Br)c(Cl)c1)C1C2C3CCC(C3)C12. The maximum atomic E-state index is 12.3. The highest BCUT2D eigenvalue weighted by Crippen LogP contribution is 2.69. The van der Waals surface area contributed by atoms with Crippen molar-refractivity contribution in [2.75, 3.05) is 5.32 Å². The predicted molar refractivity (Wildman–Crippen MR) is 79.1 cm³/mol. The average molecular weight is 341 g/mol. The number of halogens is 2. The Labute approximate surface area is 126 Å². The molecule has 3 aliphatic rings. The monoisotopic (exact) mass is 339 g/mol. The van der Waals surface area contributed by atoms with Crippen molar-refractivity contribution in [3.63, 3.8) is 0 Å². The standard InChI is InChI=1S/C15H15BrClNO/c16-10-4-3-9(6-11(10)17)18-15(19)14-12-7-1-2-8(5-7)13(12)14/h3-4,6-8,12-14H,1-2,5H2,(H,18,19). The fourth-order valence-corrected chi connectivity index (χ4v) is 4.90. The summed E-state index contributed by atoms with van der Waals surface area (Å²) in [5.41, 5.74) is 0.801. The van der Waals surface area contributed by atoms with Gasteiger partial charge < -0.3 is 5.32 Å². The summed E-state index contributed by atoms with van der Waals surface area (Å²) in [6.45, 7) is 0. The number of fused-ring (bicyclic) bond motifs is 5. The largest absolute Gasteiger partial charge is 0.326 e. The highest BCUT2D eigenvalue weighted by molar-refractivity contribution is 9.10. The van der Waals surface area contributed by atoms with Crippen molar-refractivity contribution in [1.82, 2.24) is 0 Å². The van der Waals surface area contributed by atoms with Crippen LogP contribution in [-0.2, 0) is 4.79 Å². The zero-order chi connectivity index (χ0) is 13.1. The minimum atomic E-state index is 0.199. The van der Waals surface area contributed by atoms with E-state index < -0.39 is 0 Å². The van der Waals surface area contributed by atoms with Crippen LogP contribution in [0.5, 0.6) is 0 Å². The summed E-state index contributed by atoms with van der Waals surface area (Å²) in [6.07, 6.45) is 4.07. The smallest absolute Gasteiger partial charge is 0.228 e. The van der Waals surface area contributed by atoms with Crippen molar-refractivity contribution >= 4 is 39.1 Å². The predicted octanol–water partition coefficient (Wildman–Crippen LogP) is 4.33. The molecule has 4 atom stereocenters. The molecule has 0 aliphatic heterocycles. The lowest BCUT2D eigenvalue weighted by Gasteiger charge is -2.10. The Balaban J connectivity index is 1.47. The van der Waals surface area contributed by atoms with Gasteiger partial charge in [-0.3, -0.25) is 4.79 Å². The van der Waals surface area contributed by atoms with Crippen molar-refractivity contribution in [3.05, 3.63) is 27.7 Å². The van der Waals surface area contributed by atoms with Crippen molar-refractivity contribution in [3.8, 4) is 0 Å². The topological polar surface area (TPSA) is 29.1 Å². The number of benzene rings is 1. The van der Waals surface area contributed by atoms with Crippen LogP contribution in [0.2, 0.25) is 5.02 Å². The van der Waals surface area contributed by atoms with Gasteiger partial charge in [-0.25, -0.2) is 0 Å². The molecule has 1 aromatic carbocycles. The van der Waals surface area contributed by atoms with Gasteiger partial charge in [-0.1, -0.05) is 11.6 Å². The molecular formula is C15H15BrClNO. The van der Waals surface area contributed by atoms with Crippen LogP contribution in [-0.4, -0.2) is 5.91 Å². The molecule has 19 heavy (non-hydrogen) atoms. The van der Waals surface area contributed by atoms with Crippen LogP contribution in [0.1, 0.15) is 19.3 Å². The molecule has 100 valence electrons. The van der Waals surface area contributed by atoms with Crippen LogP contribution in [0.15, 0.2) is 22.7 Å². The molecule has 3 fully saturated rings. The highest BCUT2D eigenvalue weighted by Gasteiger charge is 2.67. The first-order chi connectivity index (χ1) is 9.15. The zero-order valence-electron chi connectivity index (χ0n) is 10.4. The minimum Gasteiger partial charge on any atom is -0.326 e. The fraction of sp³-hybridized carbons (Fsp3) is 0.533. The molecule has 0 radical (unpaired) electrons. The van der Waals surface area contributed by atoms with Crippen LogP contribution < -0.4 is 5.32 Å². The maximum absolute atomic E-state index is 12.3. The molecule has 0 spiro atoms. The Morgan fingerprint density at radius 2 is 1.95 bits per heavy atom. The fourth-order valence-electron chi connectivity index (χ4n) is 4.48. The summed E-state index contributed by atoms with van der Waals surface area (Å²) in [6, 6.07) is 5.56. The highest BCUT2D eigenvalue weighted by atomic mass is 79.9. The maximum Gasteiger partial charge on any atom is 0.228 e. The second-order valence-electron chi connectivity index (χ2n) is 6.13. The van der Waals surface area contributed by atoms with E-state index >= 15 is 0 Å². The van der Waals surface area contributed by atoms with Gasteiger partial charge in [0.2, 0.25) is 5.91 Å². The van der Waals surface area contributed by atoms with Crippen molar-refractivity contribution in [2.45, 2.75) is 19.3 Å². The van der Waals surface area contributed by atoms with E-state index in [1.54, 1.807) is 6.07 Å². The third-order valence-corrected chi connectivity index (χ3v) is 6.46. The van der Waals surface area contributed by atoms with Gasteiger partial charge in [0.15, 0.2) is 0 Å². The number of nitrogens with one attached hydrogen (secondary N) is 1. The van der Waals surface area contributed by atoms with Crippen molar-refractivity contribution < 1.29 is 4.79 Å². The number of carbonyl (C=O) groups is 1. The van der Waals surface area contributed by atoms with E-state index in [2.05, 4.69) is 21.2 Å². The van der Waals surface area contributed by atoms with Gasteiger partial charge in [0.1, 0.15) is 0 Å². The zero-order valence-corrected chi connectivity index (χ0v) is 12.7. The van der Waals surface area contributed by atoms with Gasteiger partial charge in [0, 0.05) is 16.1 Å². The number of carbonyl (C=O) groups excluding carboxylic acids is 1. The van der Waals surface area contributed by atoms with E-state index in [0.29, 0.717) is 16.9 Å². The lowest BCUT2D eigenvalue weighted by Crippen LogP contribution is -2.18. The molecule has 3 saturated carbocycles. The normalized spacial score (nSPS) is 38.1. The van der Waals surface area contributed by atoms with Crippen LogP contribution in [0.3, 0.4) is 0 Å². The third-order valence-electron chi connectivity index (χ3n) is 5.23. The Hall–Kier alpha value is -0.540. The summed E-state index contributed by atoms with van der Waals surface area (Å²) in [7, 11) is 0. The van der Waals surface area contributed by atoms with E-state index in [1.807, 2.05) is 12.1 Å². The first kappa shape index (κ1) is 12.2. The van der Waals surface area contributed by atoms with E-state index in [9.17, 15) is 4.79 Å². The molecule has 0 heterocycles. The van der Waals surface area contributed by atoms with Gasteiger partial charge in [-0.2, -0.15) is 0 Å². The first-order valence-electron chi connectivity index (χ1n) is 6.91. The Morgan fingerprint density at radius 1 is 1.26 bits per heavy atom. The summed E-state index contributed by atoms with van der Waals surface area (Å²) in [4.78, 5) is 12.3. The third kappa shape index (κ3) is 1.85. The molecular weight excluding hydrogens is 326 g/mol. The van der Waals surface area contributed by atoms with Crippen molar-refractivity contribution in [2.24, 2.45) is 29.6 Å². The molecule has 3 aliphatic carbocycles. The molecule has 1 amide bonds. The first-order valence-corrected chi connectivity index (χ1v) is 8.08. The van der Waals surface area contributed by atoms with Crippen LogP contribution in [0.25, 0.3) is 0 Å². The van der Waals surface area contributed by atoms with E-state index in [1.165, 1.54) is 19.3 Å². The summed E-state index contributed by atoms with van der Waals surface area (Å²) >= 11 is 9.40. The van der Waals surface area contributed by atoms with Crippen LogP contribution in [0, 0.1) is 29.6 Å². The molecule has 4 heteroatoms. The van der Waals surface area contributed by atoms with Crippen LogP contribution in [0.4, 0.5) is 5.69 Å². The summed E-state index contributed by atoms with van der Waals surface area (Å²) in [5, 5.41) is 3.66. The lowest BCUT2D eigenvalue weighted by atomic mass is 10.0. The molecule has 0 saturated heterocycles. The number of hydrogen-bond donors (Lipinski definition) is 1. The molecule has 2 bridgehead atoms. The molecule has 1 N–H and O–H groups in total. The number of hydrogen-bond acceptors (Lipinski definition) is 1. The van der Waals surface area contributed by atoms with Gasteiger partial charge in [-0.15, -0.1) is 0 Å². The van der Waals surface area contributed by atoms with E-state index in [4.69, 9.17) is 11.6 Å². The molecule has 4 unspecified atom stereocenters. The summed E-state index contributed by atoms with van der Waals surface area (Å²) in [5.74, 6) is 3.51. The number of amides is 1. The lowest BCUT2D eigenvalue weighted by molar-refractivity contribution is -0.118. The average Bonchev–Trinajstić information content (AvgIpc) is 2.83. The van der Waals surface area contributed by atoms with Crippen LogP contribution >= 0.6 is 27.5 Å². The Morgan fingerprint density at radius 3 is 2.58 bits per heavy atom. The number of rotatable bonds is 2. The summed E-state index contributed by atoms with van der Waals surface area (Å²) < 4.78 is 0.855. The van der Waals surface area contributed by atoms with Crippen molar-refractivity contribution in [1.29, 1.82) is 0 Å². The molecule has 0 aromatic heterocycles. The second kappa shape index (κ2) is 4.23. The quantitative estimate of drug-likeness (QED) is 0.853. The van der Waals surface area contributed by atoms with E-state index in [-0.39, 0.29) is 11.8 Å². The van der Waals surface area contributed by atoms with E-state index in [0.717, 1.165) is 22.0 Å². The minimum absolute atomic E-state index is 0.199. The number of anilines is 1. The van der Waals surface area contributed by atoms with Gasteiger partial charge in [0.05, 0.1) is 5.02 Å². The van der Waals surface area contributed by atoms with Gasteiger partial charge in [0.25, 0.3) is 0 Å². The Kier molecular flexibility index (Phi) is 2.72. The molecule has 4 rings (SSSR count). The van der Waals surface area contributed by atoms with Gasteiger partial charge >= 0.3 is 0 Å². The van der Waals surface area contributed by atoms with Gasteiger partial charge in [-0.05, 0) is 77.1 Å². The Bertz CT molecular complexity index is 545.